The molecule has 1 rings (SSSR count). The van der Waals surface area contributed by atoms with Crippen LogP contribution in [0.2, 0.25) is 0 Å². The van der Waals surface area contributed by atoms with Crippen LogP contribution in [0, 0.1) is 17.8 Å². The Kier molecular flexibility index (Phi) is 14.6. The number of aliphatic hydroxyl groups is 4. The van der Waals surface area contributed by atoms with Crippen molar-refractivity contribution in [2.75, 3.05) is 6.61 Å². The molecule has 0 aromatic carbocycles. The topological polar surface area (TPSA) is 93.5 Å². The Hall–Kier alpha value is -0.200. The molecule has 0 aromatic heterocycles. The van der Waals surface area contributed by atoms with Gasteiger partial charge in [-0.05, 0) is 57.3 Å². The Morgan fingerprint density at radius 1 is 0.844 bits per heavy atom. The molecule has 1 fully saturated rings. The van der Waals surface area contributed by atoms with E-state index in [2.05, 4.69) is 20.8 Å². The summed E-state index contributed by atoms with van der Waals surface area (Å²) in [5.74, 6) is 1.68. The van der Waals surface area contributed by atoms with Crippen LogP contribution in [-0.2, 0) is 4.74 Å². The van der Waals surface area contributed by atoms with E-state index in [-0.39, 0.29) is 24.7 Å². The second-order valence-corrected chi connectivity index (χ2v) is 11.2. The van der Waals surface area contributed by atoms with E-state index in [4.69, 9.17) is 9.84 Å². The van der Waals surface area contributed by atoms with E-state index in [1.165, 1.54) is 32.1 Å². The van der Waals surface area contributed by atoms with Crippen molar-refractivity contribution in [2.45, 2.75) is 148 Å². The van der Waals surface area contributed by atoms with Gasteiger partial charge in [-0.15, -0.1) is 0 Å². The van der Waals surface area contributed by atoms with Gasteiger partial charge in [0.25, 0.3) is 0 Å². The fraction of sp³-hybridized carbons (Fsp3) is 1.00. The smallest absolute Gasteiger partial charge is 0.0892 e. The zero-order valence-electron chi connectivity index (χ0n) is 21.6. The largest absolute Gasteiger partial charge is 0.396 e. The minimum absolute atomic E-state index is 0.000854. The Bertz CT molecular complexity index is 469. The molecule has 8 unspecified atom stereocenters. The van der Waals surface area contributed by atoms with E-state index in [0.29, 0.717) is 31.3 Å². The van der Waals surface area contributed by atoms with Crippen LogP contribution in [0.25, 0.3) is 0 Å². The summed E-state index contributed by atoms with van der Waals surface area (Å²) < 4.78 is 5.84. The van der Waals surface area contributed by atoms with Crippen molar-refractivity contribution in [3.05, 3.63) is 0 Å². The van der Waals surface area contributed by atoms with Crippen LogP contribution in [0.4, 0.5) is 0 Å². The van der Waals surface area contributed by atoms with Crippen molar-refractivity contribution in [3.63, 3.8) is 0 Å². The fourth-order valence-electron chi connectivity index (χ4n) is 4.94. The van der Waals surface area contributed by atoms with Crippen molar-refractivity contribution < 1.29 is 25.2 Å². The van der Waals surface area contributed by atoms with E-state index < -0.39 is 11.7 Å². The van der Waals surface area contributed by atoms with Gasteiger partial charge in [0.15, 0.2) is 0 Å². The van der Waals surface area contributed by atoms with Gasteiger partial charge >= 0.3 is 0 Å². The summed E-state index contributed by atoms with van der Waals surface area (Å²) in [6.07, 6.45) is 12.6. The number of aliphatic hydroxyl groups excluding tert-OH is 3. The van der Waals surface area contributed by atoms with Crippen molar-refractivity contribution in [1.29, 1.82) is 0 Å². The standard InChI is InChI=1S/C27H54O5/c1-6-24(30)22(4)26-25(32-26)19-21(3)13-10-12-20(2)11-8-7-9-16-27(5,31)17-14-23(29)15-18-28/h20-26,28-31H,6-19H2,1-5H3. The summed E-state index contributed by atoms with van der Waals surface area (Å²) in [5.41, 5.74) is -0.713. The van der Waals surface area contributed by atoms with Gasteiger partial charge in [0.05, 0.1) is 30.0 Å². The maximum atomic E-state index is 10.5. The molecule has 1 saturated heterocycles. The molecule has 1 aliphatic heterocycles. The molecule has 1 aliphatic rings. The highest BCUT2D eigenvalue weighted by atomic mass is 16.6. The van der Waals surface area contributed by atoms with Crippen LogP contribution >= 0.6 is 0 Å². The number of rotatable bonds is 20. The minimum Gasteiger partial charge on any atom is -0.396 e. The molecule has 1 heterocycles. The molecule has 192 valence electrons. The van der Waals surface area contributed by atoms with Crippen molar-refractivity contribution in [2.24, 2.45) is 17.8 Å². The zero-order chi connectivity index (χ0) is 24.1. The maximum absolute atomic E-state index is 10.5. The molecule has 0 bridgehead atoms. The average molecular weight is 459 g/mol. The molecule has 32 heavy (non-hydrogen) atoms. The first-order valence-electron chi connectivity index (χ1n) is 13.4. The lowest BCUT2D eigenvalue weighted by atomic mass is 9.89. The van der Waals surface area contributed by atoms with Crippen LogP contribution in [0.1, 0.15) is 118 Å². The monoisotopic (exact) mass is 458 g/mol. The SMILES string of the molecule is CCC(O)C(C)C1OC1CC(C)CCCC(C)CCCCCC(C)(O)CCC(O)CCO. The zero-order valence-corrected chi connectivity index (χ0v) is 21.6. The molecular formula is C27H54O5. The second-order valence-electron chi connectivity index (χ2n) is 11.2. The van der Waals surface area contributed by atoms with Crippen molar-refractivity contribution in [3.8, 4) is 0 Å². The molecule has 4 N–H and O–H groups in total. The van der Waals surface area contributed by atoms with Crippen LogP contribution in [0.5, 0.6) is 0 Å². The van der Waals surface area contributed by atoms with Gasteiger partial charge in [-0.2, -0.15) is 0 Å². The Balaban J connectivity index is 2.03. The fourth-order valence-corrected chi connectivity index (χ4v) is 4.94. The molecule has 0 aliphatic carbocycles. The normalized spacial score (nSPS) is 25.0. The molecule has 0 amide bonds. The summed E-state index contributed by atoms with van der Waals surface area (Å²) in [5, 5.41) is 39.0. The highest BCUT2D eigenvalue weighted by Gasteiger charge is 2.45. The lowest BCUT2D eigenvalue weighted by Gasteiger charge is -2.24. The Morgan fingerprint density at radius 3 is 2.16 bits per heavy atom. The molecule has 0 saturated carbocycles. The first-order chi connectivity index (χ1) is 15.1. The van der Waals surface area contributed by atoms with Crippen LogP contribution < -0.4 is 0 Å². The van der Waals surface area contributed by atoms with Crippen LogP contribution in [0.3, 0.4) is 0 Å². The maximum Gasteiger partial charge on any atom is 0.0892 e. The Morgan fingerprint density at radius 2 is 1.50 bits per heavy atom. The lowest BCUT2D eigenvalue weighted by molar-refractivity contribution is 0.0188. The van der Waals surface area contributed by atoms with Crippen molar-refractivity contribution >= 4 is 0 Å². The lowest BCUT2D eigenvalue weighted by Crippen LogP contribution is -2.26. The molecule has 5 heteroatoms. The van der Waals surface area contributed by atoms with Gasteiger partial charge < -0.3 is 25.2 Å². The van der Waals surface area contributed by atoms with Gasteiger partial charge in [0.1, 0.15) is 0 Å². The molecule has 5 nitrogen and oxygen atoms in total. The first kappa shape index (κ1) is 29.8. The number of hydrogen-bond donors (Lipinski definition) is 4. The van der Waals surface area contributed by atoms with Crippen molar-refractivity contribution in [1.82, 2.24) is 0 Å². The Labute approximate surface area is 198 Å². The highest BCUT2D eigenvalue weighted by molar-refractivity contribution is 4.92. The predicted octanol–water partition coefficient (Wildman–Crippen LogP) is 5.22. The summed E-state index contributed by atoms with van der Waals surface area (Å²) in [6, 6.07) is 0. The third-order valence-electron chi connectivity index (χ3n) is 7.58. The molecule has 0 radical (unpaired) electrons. The van der Waals surface area contributed by atoms with Gasteiger partial charge in [-0.1, -0.05) is 72.6 Å². The quantitative estimate of drug-likeness (QED) is 0.148. The number of unbranched alkanes of at least 4 members (excludes halogenated alkanes) is 2. The van der Waals surface area contributed by atoms with Gasteiger partial charge in [0.2, 0.25) is 0 Å². The minimum atomic E-state index is -0.713. The highest BCUT2D eigenvalue weighted by Crippen LogP contribution is 2.37. The molecule has 0 spiro atoms. The van der Waals surface area contributed by atoms with E-state index >= 15 is 0 Å². The van der Waals surface area contributed by atoms with Gasteiger partial charge in [0, 0.05) is 12.5 Å². The molecule has 0 aromatic rings. The van der Waals surface area contributed by atoms with E-state index in [0.717, 1.165) is 38.0 Å². The van der Waals surface area contributed by atoms with Gasteiger partial charge in [-0.25, -0.2) is 0 Å². The average Bonchev–Trinajstić information content (AvgIpc) is 3.50. The summed E-state index contributed by atoms with van der Waals surface area (Å²) >= 11 is 0. The second kappa shape index (κ2) is 15.7. The molecular weight excluding hydrogens is 404 g/mol. The third-order valence-corrected chi connectivity index (χ3v) is 7.58. The van der Waals surface area contributed by atoms with Crippen LogP contribution in [-0.4, -0.2) is 57.0 Å². The van der Waals surface area contributed by atoms with E-state index in [1.54, 1.807) is 0 Å². The number of ether oxygens (including phenoxy) is 1. The third kappa shape index (κ3) is 12.9. The summed E-state index contributed by atoms with van der Waals surface area (Å²) in [7, 11) is 0. The first-order valence-corrected chi connectivity index (χ1v) is 13.4. The van der Waals surface area contributed by atoms with E-state index in [1.807, 2.05) is 13.8 Å². The number of epoxide rings is 1. The number of hydrogen-bond acceptors (Lipinski definition) is 5. The molecule has 8 atom stereocenters. The summed E-state index contributed by atoms with van der Waals surface area (Å²) in [6.45, 7) is 10.7. The summed E-state index contributed by atoms with van der Waals surface area (Å²) in [4.78, 5) is 0. The predicted molar refractivity (Wildman–Crippen MR) is 132 cm³/mol. The van der Waals surface area contributed by atoms with Crippen LogP contribution in [0.15, 0.2) is 0 Å². The van der Waals surface area contributed by atoms with Gasteiger partial charge in [-0.3, -0.25) is 0 Å². The van der Waals surface area contributed by atoms with E-state index in [9.17, 15) is 15.3 Å².